The van der Waals surface area contributed by atoms with Crippen LogP contribution in [0, 0.1) is 6.92 Å². The minimum absolute atomic E-state index is 0.756. The van der Waals surface area contributed by atoms with Crippen molar-refractivity contribution in [3.05, 3.63) is 47.7 Å². The highest BCUT2D eigenvalue weighted by molar-refractivity contribution is 5.72. The zero-order valence-corrected chi connectivity index (χ0v) is 10.7. The summed E-state index contributed by atoms with van der Waals surface area (Å²) in [4.78, 5) is 4.43. The molecular weight excluding hydrogens is 220 g/mol. The molecule has 1 aromatic heterocycles. The van der Waals surface area contributed by atoms with Gasteiger partial charge in [-0.25, -0.2) is 0 Å². The van der Waals surface area contributed by atoms with Crippen molar-refractivity contribution < 1.29 is 0 Å². The maximum absolute atomic E-state index is 6.03. The van der Waals surface area contributed by atoms with E-state index >= 15 is 0 Å². The van der Waals surface area contributed by atoms with Crippen molar-refractivity contribution >= 4 is 5.69 Å². The van der Waals surface area contributed by atoms with Crippen molar-refractivity contribution in [2.24, 2.45) is 0 Å². The number of rotatable bonds is 2. The largest absolute Gasteiger partial charge is 0.397 e. The summed E-state index contributed by atoms with van der Waals surface area (Å²) < 4.78 is 0. The summed E-state index contributed by atoms with van der Waals surface area (Å²) >= 11 is 0. The molecule has 18 heavy (non-hydrogen) atoms. The van der Waals surface area contributed by atoms with E-state index in [-0.39, 0.29) is 0 Å². The van der Waals surface area contributed by atoms with E-state index in [4.69, 9.17) is 5.73 Å². The van der Waals surface area contributed by atoms with Gasteiger partial charge in [0.15, 0.2) is 0 Å². The zero-order chi connectivity index (χ0) is 12.5. The number of nitrogens with two attached hydrogens (primary N) is 1. The highest BCUT2D eigenvalue weighted by Gasteiger charge is 2.19. The number of hydrogen-bond acceptors (Lipinski definition) is 2. The number of pyridine rings is 1. The zero-order valence-electron chi connectivity index (χ0n) is 10.7. The van der Waals surface area contributed by atoms with E-state index in [1.54, 1.807) is 0 Å². The van der Waals surface area contributed by atoms with Gasteiger partial charge < -0.3 is 5.73 Å². The summed E-state index contributed by atoms with van der Waals surface area (Å²) in [5.74, 6) is 0.780. The Labute approximate surface area is 108 Å². The molecule has 1 aliphatic rings. The summed E-state index contributed by atoms with van der Waals surface area (Å²) in [5, 5.41) is 0. The van der Waals surface area contributed by atoms with Crippen LogP contribution in [-0.2, 0) is 0 Å². The summed E-state index contributed by atoms with van der Waals surface area (Å²) in [6, 6.07) is 10.7. The van der Waals surface area contributed by atoms with Crippen LogP contribution < -0.4 is 5.73 Å². The van der Waals surface area contributed by atoms with E-state index < -0.39 is 0 Å². The van der Waals surface area contributed by atoms with Crippen LogP contribution in [0.1, 0.15) is 36.3 Å². The summed E-state index contributed by atoms with van der Waals surface area (Å²) in [5.41, 5.74) is 11.3. The van der Waals surface area contributed by atoms with E-state index in [1.807, 2.05) is 19.2 Å². The van der Waals surface area contributed by atoms with Crippen LogP contribution >= 0.6 is 0 Å². The maximum atomic E-state index is 6.03. The molecule has 0 aliphatic heterocycles. The Morgan fingerprint density at radius 2 is 1.89 bits per heavy atom. The molecular formula is C16H18N2. The van der Waals surface area contributed by atoms with Crippen LogP contribution in [0.25, 0.3) is 11.3 Å². The predicted molar refractivity (Wildman–Crippen MR) is 75.4 cm³/mol. The molecule has 92 valence electrons. The van der Waals surface area contributed by atoms with E-state index in [9.17, 15) is 0 Å². The molecule has 1 aromatic carbocycles. The third-order valence-corrected chi connectivity index (χ3v) is 3.81. The van der Waals surface area contributed by atoms with E-state index in [0.717, 1.165) is 28.4 Å². The molecule has 0 spiro atoms. The lowest BCUT2D eigenvalue weighted by Gasteiger charge is -2.25. The summed E-state index contributed by atoms with van der Waals surface area (Å²) in [6.45, 7) is 2.01. The molecule has 2 nitrogen and oxygen atoms in total. The minimum Gasteiger partial charge on any atom is -0.397 e. The standard InChI is InChI=1S/C16H18N2/c1-11-9-15(17)16(18-10-11)14-7-5-13(6-8-14)12-3-2-4-12/h5-10,12H,2-4,17H2,1H3. The van der Waals surface area contributed by atoms with Crippen molar-refractivity contribution in [3.63, 3.8) is 0 Å². The van der Waals surface area contributed by atoms with Crippen LogP contribution in [0.3, 0.4) is 0 Å². The summed E-state index contributed by atoms with van der Waals surface area (Å²) in [7, 11) is 0. The third kappa shape index (κ3) is 1.99. The van der Waals surface area contributed by atoms with Gasteiger partial charge >= 0.3 is 0 Å². The van der Waals surface area contributed by atoms with Crippen molar-refractivity contribution in [2.45, 2.75) is 32.1 Å². The molecule has 2 N–H and O–H groups in total. The lowest BCUT2D eigenvalue weighted by atomic mass is 9.80. The Balaban J connectivity index is 1.91. The minimum atomic E-state index is 0.756. The van der Waals surface area contributed by atoms with Gasteiger partial charge in [0.05, 0.1) is 11.4 Å². The molecule has 0 atom stereocenters. The molecule has 2 aromatic rings. The van der Waals surface area contributed by atoms with Gasteiger partial charge in [0, 0.05) is 11.8 Å². The second-order valence-electron chi connectivity index (χ2n) is 5.20. The fraction of sp³-hybridized carbons (Fsp3) is 0.312. The number of anilines is 1. The smallest absolute Gasteiger partial charge is 0.0931 e. The van der Waals surface area contributed by atoms with Gasteiger partial charge in [0.25, 0.3) is 0 Å². The fourth-order valence-electron chi connectivity index (χ4n) is 2.49. The van der Waals surface area contributed by atoms with Crippen LogP contribution in [0.4, 0.5) is 5.69 Å². The Morgan fingerprint density at radius 1 is 1.17 bits per heavy atom. The SMILES string of the molecule is Cc1cnc(-c2ccc(C3CCC3)cc2)c(N)c1. The topological polar surface area (TPSA) is 38.9 Å². The first-order valence-corrected chi connectivity index (χ1v) is 6.56. The third-order valence-electron chi connectivity index (χ3n) is 3.81. The van der Waals surface area contributed by atoms with Crippen LogP contribution in [0.15, 0.2) is 36.5 Å². The van der Waals surface area contributed by atoms with Gasteiger partial charge in [-0.05, 0) is 42.9 Å². The fourth-order valence-corrected chi connectivity index (χ4v) is 2.49. The first kappa shape index (κ1) is 11.3. The number of hydrogen-bond donors (Lipinski definition) is 1. The number of aromatic nitrogens is 1. The second kappa shape index (κ2) is 4.45. The molecule has 1 heterocycles. The molecule has 2 heteroatoms. The van der Waals surface area contributed by atoms with Crippen molar-refractivity contribution in [1.82, 2.24) is 4.98 Å². The number of benzene rings is 1. The summed E-state index contributed by atoms with van der Waals surface area (Å²) in [6.07, 6.45) is 5.92. The van der Waals surface area contributed by atoms with E-state index in [1.165, 1.54) is 24.8 Å². The van der Waals surface area contributed by atoms with Gasteiger partial charge in [-0.2, -0.15) is 0 Å². The molecule has 1 aliphatic carbocycles. The maximum Gasteiger partial charge on any atom is 0.0931 e. The Bertz CT molecular complexity index is 554. The van der Waals surface area contributed by atoms with Gasteiger partial charge in [0.1, 0.15) is 0 Å². The quantitative estimate of drug-likeness (QED) is 0.861. The predicted octanol–water partition coefficient (Wildman–Crippen LogP) is 3.91. The molecule has 1 saturated carbocycles. The lowest BCUT2D eigenvalue weighted by molar-refractivity contribution is 0.420. The molecule has 0 amide bonds. The average Bonchev–Trinajstić information content (AvgIpc) is 2.28. The number of nitrogen functional groups attached to an aromatic ring is 1. The second-order valence-corrected chi connectivity index (χ2v) is 5.20. The molecule has 0 unspecified atom stereocenters. The Hall–Kier alpha value is -1.83. The highest BCUT2D eigenvalue weighted by Crippen LogP contribution is 2.37. The first-order chi connectivity index (χ1) is 8.74. The molecule has 3 rings (SSSR count). The normalized spacial score (nSPS) is 15.4. The van der Waals surface area contributed by atoms with Gasteiger partial charge in [-0.3, -0.25) is 4.98 Å². The molecule has 0 radical (unpaired) electrons. The monoisotopic (exact) mass is 238 g/mol. The van der Waals surface area contributed by atoms with Crippen molar-refractivity contribution in [1.29, 1.82) is 0 Å². The number of nitrogens with zero attached hydrogens (tertiary/aromatic N) is 1. The van der Waals surface area contributed by atoms with E-state index in [0.29, 0.717) is 0 Å². The lowest BCUT2D eigenvalue weighted by Crippen LogP contribution is -2.08. The van der Waals surface area contributed by atoms with E-state index in [2.05, 4.69) is 29.2 Å². The number of aryl methyl sites for hydroxylation is 1. The van der Waals surface area contributed by atoms with Crippen molar-refractivity contribution in [2.75, 3.05) is 5.73 Å². The molecule has 0 bridgehead atoms. The van der Waals surface area contributed by atoms with Crippen LogP contribution in [0.5, 0.6) is 0 Å². The van der Waals surface area contributed by atoms with Crippen molar-refractivity contribution in [3.8, 4) is 11.3 Å². The average molecular weight is 238 g/mol. The highest BCUT2D eigenvalue weighted by atomic mass is 14.7. The van der Waals surface area contributed by atoms with Gasteiger partial charge in [-0.15, -0.1) is 0 Å². The van der Waals surface area contributed by atoms with Crippen LogP contribution in [0.2, 0.25) is 0 Å². The first-order valence-electron chi connectivity index (χ1n) is 6.56. The van der Waals surface area contributed by atoms with Gasteiger partial charge in [0.2, 0.25) is 0 Å². The Kier molecular flexibility index (Phi) is 2.78. The molecule has 0 saturated heterocycles. The molecule has 1 fully saturated rings. The van der Waals surface area contributed by atoms with Crippen LogP contribution in [-0.4, -0.2) is 4.98 Å². The Morgan fingerprint density at radius 3 is 2.44 bits per heavy atom. The van der Waals surface area contributed by atoms with Gasteiger partial charge in [-0.1, -0.05) is 30.7 Å².